The van der Waals surface area contributed by atoms with E-state index in [1.54, 1.807) is 6.08 Å². The van der Waals surface area contributed by atoms with Crippen LogP contribution in [0.15, 0.2) is 36.9 Å². The molecule has 92 valence electrons. The third-order valence-electron chi connectivity index (χ3n) is 2.36. The summed E-state index contributed by atoms with van der Waals surface area (Å²) >= 11 is 0. The van der Waals surface area contributed by atoms with Crippen molar-refractivity contribution < 1.29 is 9.53 Å². The summed E-state index contributed by atoms with van der Waals surface area (Å²) in [4.78, 5) is 11.3. The molecule has 17 heavy (non-hydrogen) atoms. The number of carbonyl (C=O) groups excluding carboxylic acids is 1. The largest absolute Gasteiger partial charge is 0.484 e. The van der Waals surface area contributed by atoms with Crippen molar-refractivity contribution in [2.24, 2.45) is 0 Å². The lowest BCUT2D eigenvalue weighted by Gasteiger charge is -2.08. The van der Waals surface area contributed by atoms with Crippen LogP contribution in [0.1, 0.15) is 25.3 Å². The summed E-state index contributed by atoms with van der Waals surface area (Å²) in [6.45, 7) is 8.30. The van der Waals surface area contributed by atoms with Gasteiger partial charge in [-0.15, -0.1) is 6.58 Å². The highest BCUT2D eigenvalue weighted by atomic mass is 16.5. The molecule has 1 aromatic carbocycles. The number of nitrogens with one attached hydrogen (secondary N) is 1. The van der Waals surface area contributed by atoms with Crippen molar-refractivity contribution in [2.45, 2.75) is 19.8 Å². The Bertz CT molecular complexity index is 368. The van der Waals surface area contributed by atoms with Crippen molar-refractivity contribution >= 4 is 5.91 Å². The van der Waals surface area contributed by atoms with Crippen molar-refractivity contribution in [3.05, 3.63) is 42.5 Å². The average Bonchev–Trinajstić information content (AvgIpc) is 2.34. The lowest BCUT2D eigenvalue weighted by Crippen LogP contribution is -2.28. The highest BCUT2D eigenvalue weighted by molar-refractivity contribution is 5.77. The highest BCUT2D eigenvalue weighted by Gasteiger charge is 2.02. The third-order valence-corrected chi connectivity index (χ3v) is 2.36. The van der Waals surface area contributed by atoms with E-state index in [1.807, 2.05) is 24.3 Å². The number of carbonyl (C=O) groups is 1. The van der Waals surface area contributed by atoms with Gasteiger partial charge >= 0.3 is 0 Å². The van der Waals surface area contributed by atoms with E-state index in [9.17, 15) is 4.79 Å². The van der Waals surface area contributed by atoms with Crippen molar-refractivity contribution in [1.29, 1.82) is 0 Å². The number of hydrogen-bond donors (Lipinski definition) is 1. The van der Waals surface area contributed by atoms with E-state index < -0.39 is 0 Å². The van der Waals surface area contributed by atoms with E-state index in [1.165, 1.54) is 5.56 Å². The van der Waals surface area contributed by atoms with Crippen molar-refractivity contribution in [3.8, 4) is 5.75 Å². The molecule has 3 nitrogen and oxygen atoms in total. The van der Waals surface area contributed by atoms with Gasteiger partial charge in [-0.1, -0.05) is 32.1 Å². The number of rotatable bonds is 6. The van der Waals surface area contributed by atoms with Crippen LogP contribution in [0, 0.1) is 0 Å². The van der Waals surface area contributed by atoms with E-state index >= 15 is 0 Å². The van der Waals surface area contributed by atoms with E-state index in [2.05, 4.69) is 25.7 Å². The standard InChI is InChI=1S/C14H19NO2/c1-4-9-15-14(16)10-17-13-7-5-12(6-8-13)11(2)3/h4-8,11H,1,9-10H2,2-3H3,(H,15,16). The normalized spacial score (nSPS) is 10.1. The quantitative estimate of drug-likeness (QED) is 0.767. The molecule has 3 heteroatoms. The van der Waals surface area contributed by atoms with Gasteiger partial charge < -0.3 is 10.1 Å². The third kappa shape index (κ3) is 4.72. The average molecular weight is 233 g/mol. The van der Waals surface area contributed by atoms with Crippen LogP contribution in [0.5, 0.6) is 5.75 Å². The summed E-state index contributed by atoms with van der Waals surface area (Å²) in [5.74, 6) is 1.07. The van der Waals surface area contributed by atoms with Gasteiger partial charge in [-0.25, -0.2) is 0 Å². The first-order chi connectivity index (χ1) is 8.13. The number of hydrogen-bond acceptors (Lipinski definition) is 2. The number of benzene rings is 1. The van der Waals surface area contributed by atoms with Gasteiger partial charge in [0, 0.05) is 6.54 Å². The minimum Gasteiger partial charge on any atom is -0.484 e. The molecular weight excluding hydrogens is 214 g/mol. The van der Waals surface area contributed by atoms with Crippen LogP contribution in [0.25, 0.3) is 0 Å². The molecule has 0 saturated heterocycles. The molecule has 0 spiro atoms. The minimum atomic E-state index is -0.141. The maximum atomic E-state index is 11.3. The van der Waals surface area contributed by atoms with Gasteiger partial charge in [-0.2, -0.15) is 0 Å². The van der Waals surface area contributed by atoms with Crippen LogP contribution in [0.2, 0.25) is 0 Å². The first-order valence-electron chi connectivity index (χ1n) is 5.74. The van der Waals surface area contributed by atoms with Crippen LogP contribution in [0.4, 0.5) is 0 Å². The zero-order valence-corrected chi connectivity index (χ0v) is 10.4. The molecule has 1 N–H and O–H groups in total. The Kier molecular flexibility index (Phi) is 5.27. The Balaban J connectivity index is 2.41. The van der Waals surface area contributed by atoms with Gasteiger partial charge in [0.05, 0.1) is 0 Å². The van der Waals surface area contributed by atoms with Crippen molar-refractivity contribution in [1.82, 2.24) is 5.32 Å². The molecule has 0 aliphatic rings. The molecule has 0 aliphatic carbocycles. The van der Waals surface area contributed by atoms with Gasteiger partial charge in [0.2, 0.25) is 0 Å². The van der Waals surface area contributed by atoms with Crippen LogP contribution < -0.4 is 10.1 Å². The Morgan fingerprint density at radius 3 is 2.59 bits per heavy atom. The van der Waals surface area contributed by atoms with E-state index in [0.717, 1.165) is 0 Å². The molecule has 0 bridgehead atoms. The lowest BCUT2D eigenvalue weighted by atomic mass is 10.0. The lowest BCUT2D eigenvalue weighted by molar-refractivity contribution is -0.122. The Hall–Kier alpha value is -1.77. The fourth-order valence-electron chi connectivity index (χ4n) is 1.33. The summed E-state index contributed by atoms with van der Waals surface area (Å²) in [7, 11) is 0. The second kappa shape index (κ2) is 6.74. The smallest absolute Gasteiger partial charge is 0.258 e. The first kappa shape index (κ1) is 13.3. The summed E-state index contributed by atoms with van der Waals surface area (Å²) in [5.41, 5.74) is 1.26. The molecule has 1 amide bonds. The molecule has 0 aliphatic heterocycles. The molecule has 1 rings (SSSR count). The topological polar surface area (TPSA) is 38.3 Å². The molecule has 0 radical (unpaired) electrons. The zero-order valence-electron chi connectivity index (χ0n) is 10.4. The second-order valence-electron chi connectivity index (χ2n) is 4.11. The summed E-state index contributed by atoms with van der Waals surface area (Å²) in [5, 5.41) is 2.65. The summed E-state index contributed by atoms with van der Waals surface area (Å²) < 4.78 is 5.35. The van der Waals surface area contributed by atoms with E-state index in [-0.39, 0.29) is 12.5 Å². The monoisotopic (exact) mass is 233 g/mol. The van der Waals surface area contributed by atoms with E-state index in [4.69, 9.17) is 4.74 Å². The Morgan fingerprint density at radius 1 is 1.41 bits per heavy atom. The fourth-order valence-corrected chi connectivity index (χ4v) is 1.33. The fraction of sp³-hybridized carbons (Fsp3) is 0.357. The van der Waals surface area contributed by atoms with Crippen LogP contribution in [-0.2, 0) is 4.79 Å². The minimum absolute atomic E-state index is 0.0366. The Morgan fingerprint density at radius 2 is 2.06 bits per heavy atom. The molecule has 0 saturated carbocycles. The first-order valence-corrected chi connectivity index (χ1v) is 5.74. The molecular formula is C14H19NO2. The maximum Gasteiger partial charge on any atom is 0.258 e. The van der Waals surface area contributed by atoms with Gasteiger partial charge in [-0.05, 0) is 23.6 Å². The van der Waals surface area contributed by atoms with Crippen LogP contribution >= 0.6 is 0 Å². The summed E-state index contributed by atoms with van der Waals surface area (Å²) in [6, 6.07) is 7.80. The highest BCUT2D eigenvalue weighted by Crippen LogP contribution is 2.18. The van der Waals surface area contributed by atoms with E-state index in [0.29, 0.717) is 18.2 Å². The van der Waals surface area contributed by atoms with Crippen LogP contribution in [0.3, 0.4) is 0 Å². The summed E-state index contributed by atoms with van der Waals surface area (Å²) in [6.07, 6.45) is 1.63. The second-order valence-corrected chi connectivity index (χ2v) is 4.11. The van der Waals surface area contributed by atoms with Gasteiger partial charge in [0.25, 0.3) is 5.91 Å². The van der Waals surface area contributed by atoms with Gasteiger partial charge in [-0.3, -0.25) is 4.79 Å². The SMILES string of the molecule is C=CCNC(=O)COc1ccc(C(C)C)cc1. The number of amides is 1. The molecule has 0 unspecified atom stereocenters. The van der Waals surface area contributed by atoms with Gasteiger partial charge in [0.1, 0.15) is 5.75 Å². The van der Waals surface area contributed by atoms with Crippen molar-refractivity contribution in [2.75, 3.05) is 13.2 Å². The predicted molar refractivity (Wildman–Crippen MR) is 69.2 cm³/mol. The molecule has 0 aromatic heterocycles. The molecule has 0 fully saturated rings. The Labute approximate surface area is 102 Å². The molecule has 0 heterocycles. The zero-order chi connectivity index (χ0) is 12.7. The number of ether oxygens (including phenoxy) is 1. The maximum absolute atomic E-state index is 11.3. The predicted octanol–water partition coefficient (Wildman–Crippen LogP) is 2.49. The van der Waals surface area contributed by atoms with Gasteiger partial charge in [0.15, 0.2) is 6.61 Å². The van der Waals surface area contributed by atoms with Crippen molar-refractivity contribution in [3.63, 3.8) is 0 Å². The van der Waals surface area contributed by atoms with Crippen LogP contribution in [-0.4, -0.2) is 19.1 Å². The molecule has 1 aromatic rings. The molecule has 0 atom stereocenters.